The van der Waals surface area contributed by atoms with Gasteiger partial charge >= 0.3 is 5.97 Å². The molecular formula is C28H29NO5. The summed E-state index contributed by atoms with van der Waals surface area (Å²) in [6.45, 7) is 3.27. The maximum atomic E-state index is 11.3. The van der Waals surface area contributed by atoms with Gasteiger partial charge in [0.2, 0.25) is 0 Å². The van der Waals surface area contributed by atoms with Crippen LogP contribution in [0.4, 0.5) is 11.4 Å². The molecule has 4 rings (SSSR count). The predicted molar refractivity (Wildman–Crippen MR) is 133 cm³/mol. The minimum absolute atomic E-state index is 0.319. The van der Waals surface area contributed by atoms with Gasteiger partial charge in [-0.1, -0.05) is 42.5 Å². The molecule has 176 valence electrons. The van der Waals surface area contributed by atoms with Crippen molar-refractivity contribution in [3.8, 4) is 5.75 Å². The zero-order valence-corrected chi connectivity index (χ0v) is 19.4. The van der Waals surface area contributed by atoms with E-state index in [9.17, 15) is 9.90 Å². The fourth-order valence-electron chi connectivity index (χ4n) is 4.14. The molecule has 0 aliphatic carbocycles. The SMILES string of the molecule is CCOC(Cc1ccc(OCCN2c3ccccc3C=C(OC)c3ccccc32)cc1)C(=O)O. The van der Waals surface area contributed by atoms with Crippen LogP contribution in [0.5, 0.6) is 5.75 Å². The van der Waals surface area contributed by atoms with Crippen LogP contribution in [0, 0.1) is 0 Å². The van der Waals surface area contributed by atoms with Gasteiger partial charge in [-0.25, -0.2) is 4.79 Å². The van der Waals surface area contributed by atoms with E-state index in [0.29, 0.717) is 26.2 Å². The lowest BCUT2D eigenvalue weighted by Gasteiger charge is -2.27. The summed E-state index contributed by atoms with van der Waals surface area (Å²) in [7, 11) is 1.70. The summed E-state index contributed by atoms with van der Waals surface area (Å²) in [6.07, 6.45) is 1.55. The Hall–Kier alpha value is -3.77. The highest BCUT2D eigenvalue weighted by atomic mass is 16.5. The number of nitrogens with zero attached hydrogens (tertiary/aromatic N) is 1. The van der Waals surface area contributed by atoms with E-state index in [0.717, 1.165) is 39.6 Å². The summed E-state index contributed by atoms with van der Waals surface area (Å²) in [6, 6.07) is 24.0. The molecule has 6 heteroatoms. The van der Waals surface area contributed by atoms with Crippen molar-refractivity contribution in [1.29, 1.82) is 0 Å². The Balaban J connectivity index is 1.47. The van der Waals surface area contributed by atoms with Crippen molar-refractivity contribution in [3.05, 3.63) is 89.5 Å². The van der Waals surface area contributed by atoms with E-state index in [2.05, 4.69) is 35.2 Å². The van der Waals surface area contributed by atoms with Crippen LogP contribution < -0.4 is 9.64 Å². The van der Waals surface area contributed by atoms with Crippen LogP contribution in [0.15, 0.2) is 72.8 Å². The Morgan fingerprint density at radius 3 is 2.38 bits per heavy atom. The first-order valence-electron chi connectivity index (χ1n) is 11.4. The minimum atomic E-state index is -0.952. The van der Waals surface area contributed by atoms with E-state index >= 15 is 0 Å². The lowest BCUT2D eigenvalue weighted by atomic mass is 10.1. The minimum Gasteiger partial charge on any atom is -0.496 e. The lowest BCUT2D eigenvalue weighted by Crippen LogP contribution is -2.26. The average Bonchev–Trinajstić information content (AvgIpc) is 2.99. The molecule has 0 radical (unpaired) electrons. The Labute approximate surface area is 200 Å². The van der Waals surface area contributed by atoms with Gasteiger partial charge in [-0.05, 0) is 48.9 Å². The van der Waals surface area contributed by atoms with Crippen molar-refractivity contribution in [2.75, 3.05) is 31.8 Å². The van der Waals surface area contributed by atoms with Gasteiger partial charge in [0.15, 0.2) is 6.10 Å². The number of para-hydroxylation sites is 2. The van der Waals surface area contributed by atoms with E-state index in [4.69, 9.17) is 14.2 Å². The highest BCUT2D eigenvalue weighted by molar-refractivity contribution is 5.92. The number of hydrogen-bond acceptors (Lipinski definition) is 5. The van der Waals surface area contributed by atoms with Crippen molar-refractivity contribution < 1.29 is 24.1 Å². The molecule has 1 atom stereocenters. The number of carbonyl (C=O) groups is 1. The van der Waals surface area contributed by atoms with E-state index in [1.807, 2.05) is 48.5 Å². The maximum Gasteiger partial charge on any atom is 0.333 e. The van der Waals surface area contributed by atoms with Gasteiger partial charge in [0.1, 0.15) is 18.1 Å². The highest BCUT2D eigenvalue weighted by Gasteiger charge is 2.22. The Morgan fingerprint density at radius 2 is 1.68 bits per heavy atom. The summed E-state index contributed by atoms with van der Waals surface area (Å²) < 4.78 is 17.1. The molecule has 1 N–H and O–H groups in total. The highest BCUT2D eigenvalue weighted by Crippen LogP contribution is 2.39. The lowest BCUT2D eigenvalue weighted by molar-refractivity contribution is -0.149. The van der Waals surface area contributed by atoms with Gasteiger partial charge < -0.3 is 24.2 Å². The largest absolute Gasteiger partial charge is 0.496 e. The van der Waals surface area contributed by atoms with Gasteiger partial charge in [0.25, 0.3) is 0 Å². The van der Waals surface area contributed by atoms with Crippen molar-refractivity contribution in [2.24, 2.45) is 0 Å². The summed E-state index contributed by atoms with van der Waals surface area (Å²) in [5.74, 6) is 0.610. The van der Waals surface area contributed by atoms with E-state index < -0.39 is 12.1 Å². The summed E-state index contributed by atoms with van der Waals surface area (Å²) in [5, 5.41) is 9.29. The number of fused-ring (bicyclic) bond motifs is 2. The number of anilines is 2. The molecule has 0 aromatic heterocycles. The molecule has 0 fully saturated rings. The Morgan fingerprint density at radius 1 is 0.971 bits per heavy atom. The maximum absolute atomic E-state index is 11.3. The molecule has 34 heavy (non-hydrogen) atoms. The first-order chi connectivity index (χ1) is 16.6. The third-order valence-corrected chi connectivity index (χ3v) is 5.77. The molecular weight excluding hydrogens is 430 g/mol. The molecule has 0 bridgehead atoms. The summed E-state index contributed by atoms with van der Waals surface area (Å²) in [4.78, 5) is 13.6. The second-order valence-corrected chi connectivity index (χ2v) is 7.92. The fraction of sp³-hybridized carbons (Fsp3) is 0.250. The van der Waals surface area contributed by atoms with Crippen molar-refractivity contribution >= 4 is 29.2 Å². The van der Waals surface area contributed by atoms with Gasteiger partial charge in [0.05, 0.1) is 19.3 Å². The molecule has 6 nitrogen and oxygen atoms in total. The third-order valence-electron chi connectivity index (χ3n) is 5.77. The molecule has 3 aromatic rings. The van der Waals surface area contributed by atoms with Crippen LogP contribution in [-0.4, -0.2) is 44.0 Å². The van der Waals surface area contributed by atoms with Gasteiger partial charge in [-0.2, -0.15) is 0 Å². The number of ether oxygens (including phenoxy) is 3. The number of methoxy groups -OCH3 is 1. The van der Waals surface area contributed by atoms with Crippen LogP contribution in [0.1, 0.15) is 23.6 Å². The number of carboxylic acids is 1. The number of rotatable bonds is 10. The van der Waals surface area contributed by atoms with Crippen molar-refractivity contribution in [1.82, 2.24) is 0 Å². The molecule has 3 aromatic carbocycles. The Kier molecular flexibility index (Phi) is 7.50. The molecule has 0 amide bonds. The summed E-state index contributed by atoms with van der Waals surface area (Å²) >= 11 is 0. The average molecular weight is 460 g/mol. The van der Waals surface area contributed by atoms with Crippen LogP contribution in [-0.2, 0) is 20.7 Å². The van der Waals surface area contributed by atoms with Crippen LogP contribution >= 0.6 is 0 Å². The number of benzene rings is 3. The number of aliphatic carboxylic acids is 1. The van der Waals surface area contributed by atoms with Crippen molar-refractivity contribution in [3.63, 3.8) is 0 Å². The predicted octanol–water partition coefficient (Wildman–Crippen LogP) is 5.39. The second kappa shape index (κ2) is 10.9. The first kappa shape index (κ1) is 23.4. The van der Waals surface area contributed by atoms with Crippen LogP contribution in [0.2, 0.25) is 0 Å². The quantitative estimate of drug-likeness (QED) is 0.438. The van der Waals surface area contributed by atoms with Crippen molar-refractivity contribution in [2.45, 2.75) is 19.4 Å². The van der Waals surface area contributed by atoms with E-state index in [-0.39, 0.29) is 0 Å². The van der Waals surface area contributed by atoms with E-state index in [1.165, 1.54) is 0 Å². The smallest absolute Gasteiger partial charge is 0.333 e. The molecule has 1 unspecified atom stereocenters. The number of carboxylic acid groups (broad SMARTS) is 1. The van der Waals surface area contributed by atoms with Crippen LogP contribution in [0.3, 0.4) is 0 Å². The molecule has 0 saturated heterocycles. The zero-order chi connectivity index (χ0) is 23.9. The monoisotopic (exact) mass is 459 g/mol. The first-order valence-corrected chi connectivity index (χ1v) is 11.4. The molecule has 1 aliphatic rings. The number of hydrogen-bond donors (Lipinski definition) is 1. The molecule has 1 heterocycles. The molecule has 0 spiro atoms. The van der Waals surface area contributed by atoms with Gasteiger partial charge in [-0.15, -0.1) is 0 Å². The van der Waals surface area contributed by atoms with Gasteiger partial charge in [0, 0.05) is 29.8 Å². The standard InChI is InChI=1S/C28H29NO5/c1-3-33-27(28(30)31)18-20-12-14-22(15-13-20)34-17-16-29-24-10-6-4-8-21(24)19-26(32-2)23-9-5-7-11-25(23)29/h4-15,19,27H,3,16-18H2,1-2H3,(H,30,31). The third kappa shape index (κ3) is 5.24. The topological polar surface area (TPSA) is 68.2 Å². The van der Waals surface area contributed by atoms with Crippen LogP contribution in [0.25, 0.3) is 11.8 Å². The normalized spacial score (nSPS) is 13.2. The summed E-state index contributed by atoms with van der Waals surface area (Å²) in [5.41, 5.74) is 5.17. The zero-order valence-electron chi connectivity index (χ0n) is 19.4. The fourth-order valence-corrected chi connectivity index (χ4v) is 4.14. The van der Waals surface area contributed by atoms with Gasteiger partial charge in [-0.3, -0.25) is 0 Å². The second-order valence-electron chi connectivity index (χ2n) is 7.92. The Bertz CT molecular complexity index is 1160. The van der Waals surface area contributed by atoms with E-state index in [1.54, 1.807) is 14.0 Å². The molecule has 1 aliphatic heterocycles. The molecule has 0 saturated carbocycles.